The molecule has 0 unspecified atom stereocenters. The van der Waals surface area contributed by atoms with E-state index in [1.165, 1.54) is 30.5 Å². The molecule has 0 aliphatic carbocycles. The third kappa shape index (κ3) is 5.52. The standard InChI is InChI=1S/C23H19F3O/c1-2-3-4-17-5-7-18(8-6-17)9-10-19-11-12-21-16-22(27-23(24,25)26)14-13-20(21)15-19/h5-8,11-16H,2-4H2,1H3. The molecule has 0 radical (unpaired) electrons. The lowest BCUT2D eigenvalue weighted by Gasteiger charge is -2.09. The van der Waals surface area contributed by atoms with E-state index in [0.29, 0.717) is 5.39 Å². The fourth-order valence-electron chi connectivity index (χ4n) is 2.78. The zero-order chi connectivity index (χ0) is 19.3. The van der Waals surface area contributed by atoms with E-state index in [9.17, 15) is 13.2 Å². The van der Waals surface area contributed by atoms with Crippen LogP contribution >= 0.6 is 0 Å². The Kier molecular flexibility index (Phi) is 5.71. The highest BCUT2D eigenvalue weighted by molar-refractivity contribution is 5.85. The number of aryl methyl sites for hydroxylation is 1. The molecule has 0 fully saturated rings. The van der Waals surface area contributed by atoms with Gasteiger partial charge < -0.3 is 4.74 Å². The van der Waals surface area contributed by atoms with E-state index in [-0.39, 0.29) is 5.75 Å². The summed E-state index contributed by atoms with van der Waals surface area (Å²) in [7, 11) is 0. The Morgan fingerprint density at radius 3 is 2.15 bits per heavy atom. The van der Waals surface area contributed by atoms with Gasteiger partial charge >= 0.3 is 6.36 Å². The SMILES string of the molecule is CCCCc1ccc(C#Cc2ccc3cc(OC(F)(F)F)ccc3c2)cc1. The minimum absolute atomic E-state index is 0.225. The molecule has 138 valence electrons. The quantitative estimate of drug-likeness (QED) is 0.479. The number of hydrogen-bond donors (Lipinski definition) is 0. The molecule has 3 rings (SSSR count). The fourth-order valence-corrected chi connectivity index (χ4v) is 2.78. The summed E-state index contributed by atoms with van der Waals surface area (Å²) in [5.74, 6) is 6.01. The number of benzene rings is 3. The van der Waals surface area contributed by atoms with Crippen molar-refractivity contribution in [2.24, 2.45) is 0 Å². The molecule has 0 bridgehead atoms. The van der Waals surface area contributed by atoms with Gasteiger partial charge in [-0.05, 0) is 65.6 Å². The fraction of sp³-hybridized carbons (Fsp3) is 0.217. The van der Waals surface area contributed by atoms with Crippen LogP contribution in [0.15, 0.2) is 60.7 Å². The van der Waals surface area contributed by atoms with Crippen molar-refractivity contribution in [3.63, 3.8) is 0 Å². The smallest absolute Gasteiger partial charge is 0.406 e. The lowest BCUT2D eigenvalue weighted by molar-refractivity contribution is -0.274. The summed E-state index contributed by atoms with van der Waals surface area (Å²) in [6.07, 6.45) is -1.26. The van der Waals surface area contributed by atoms with Gasteiger partial charge in [-0.3, -0.25) is 0 Å². The first-order valence-corrected chi connectivity index (χ1v) is 8.83. The number of ether oxygens (including phenoxy) is 1. The van der Waals surface area contributed by atoms with Crippen LogP contribution < -0.4 is 4.74 Å². The minimum atomic E-state index is -4.69. The summed E-state index contributed by atoms with van der Waals surface area (Å²) in [4.78, 5) is 0. The number of alkyl halides is 3. The molecule has 0 atom stereocenters. The van der Waals surface area contributed by atoms with E-state index in [2.05, 4.69) is 35.6 Å². The summed E-state index contributed by atoms with van der Waals surface area (Å²) in [5, 5.41) is 1.48. The van der Waals surface area contributed by atoms with E-state index in [1.54, 1.807) is 18.2 Å². The van der Waals surface area contributed by atoms with Crippen molar-refractivity contribution in [3.8, 4) is 17.6 Å². The lowest BCUT2D eigenvalue weighted by atomic mass is 10.1. The van der Waals surface area contributed by atoms with Gasteiger partial charge in [-0.1, -0.05) is 49.5 Å². The average Bonchev–Trinajstić information content (AvgIpc) is 2.64. The van der Waals surface area contributed by atoms with Crippen molar-refractivity contribution in [1.29, 1.82) is 0 Å². The third-order valence-corrected chi connectivity index (χ3v) is 4.17. The molecular weight excluding hydrogens is 349 g/mol. The van der Waals surface area contributed by atoms with Gasteiger partial charge in [0.2, 0.25) is 0 Å². The van der Waals surface area contributed by atoms with Crippen molar-refractivity contribution in [2.45, 2.75) is 32.5 Å². The normalized spacial score (nSPS) is 11.1. The van der Waals surface area contributed by atoms with Crippen LogP contribution in [-0.2, 0) is 6.42 Å². The van der Waals surface area contributed by atoms with Crippen LogP contribution in [0.25, 0.3) is 10.8 Å². The summed E-state index contributed by atoms with van der Waals surface area (Å²) in [5.41, 5.74) is 3.05. The van der Waals surface area contributed by atoms with Gasteiger partial charge in [0.05, 0.1) is 0 Å². The highest BCUT2D eigenvalue weighted by atomic mass is 19.4. The topological polar surface area (TPSA) is 9.23 Å². The van der Waals surface area contributed by atoms with E-state index in [0.717, 1.165) is 22.9 Å². The second-order valence-corrected chi connectivity index (χ2v) is 6.32. The minimum Gasteiger partial charge on any atom is -0.406 e. The van der Waals surface area contributed by atoms with Crippen LogP contribution in [0.5, 0.6) is 5.75 Å². The van der Waals surface area contributed by atoms with Crippen LogP contribution in [0.2, 0.25) is 0 Å². The van der Waals surface area contributed by atoms with Gasteiger partial charge in [0.1, 0.15) is 5.75 Å². The Morgan fingerprint density at radius 2 is 1.44 bits per heavy atom. The van der Waals surface area contributed by atoms with Crippen LogP contribution in [0, 0.1) is 11.8 Å². The van der Waals surface area contributed by atoms with Crippen molar-refractivity contribution >= 4 is 10.8 Å². The summed E-state index contributed by atoms with van der Waals surface area (Å²) in [6.45, 7) is 2.17. The number of rotatable bonds is 4. The number of hydrogen-bond acceptors (Lipinski definition) is 1. The predicted molar refractivity (Wildman–Crippen MR) is 102 cm³/mol. The third-order valence-electron chi connectivity index (χ3n) is 4.17. The number of halogens is 3. The Morgan fingerprint density at radius 1 is 0.815 bits per heavy atom. The van der Waals surface area contributed by atoms with Gasteiger partial charge in [0, 0.05) is 11.1 Å². The van der Waals surface area contributed by atoms with E-state index in [1.807, 2.05) is 18.2 Å². The highest BCUT2D eigenvalue weighted by Crippen LogP contribution is 2.27. The Hall–Kier alpha value is -2.93. The molecule has 0 N–H and O–H groups in total. The summed E-state index contributed by atoms with van der Waals surface area (Å²) >= 11 is 0. The lowest BCUT2D eigenvalue weighted by Crippen LogP contribution is -2.16. The van der Waals surface area contributed by atoms with Crippen molar-refractivity contribution in [1.82, 2.24) is 0 Å². The summed E-state index contributed by atoms with van der Waals surface area (Å²) in [6, 6.07) is 17.9. The summed E-state index contributed by atoms with van der Waals surface area (Å²) < 4.78 is 40.9. The average molecular weight is 368 g/mol. The predicted octanol–water partition coefficient (Wildman–Crippen LogP) is 6.48. The zero-order valence-corrected chi connectivity index (χ0v) is 14.9. The number of unbranched alkanes of at least 4 members (excludes halogenated alkanes) is 1. The highest BCUT2D eigenvalue weighted by Gasteiger charge is 2.31. The molecule has 0 spiro atoms. The maximum absolute atomic E-state index is 12.3. The molecule has 4 heteroatoms. The molecule has 0 amide bonds. The Labute approximate surface area is 156 Å². The largest absolute Gasteiger partial charge is 0.573 e. The van der Waals surface area contributed by atoms with Gasteiger partial charge in [0.15, 0.2) is 0 Å². The first-order valence-electron chi connectivity index (χ1n) is 8.83. The molecule has 0 saturated heterocycles. The van der Waals surface area contributed by atoms with Gasteiger partial charge in [0.25, 0.3) is 0 Å². The monoisotopic (exact) mass is 368 g/mol. The van der Waals surface area contributed by atoms with Crippen LogP contribution in [-0.4, -0.2) is 6.36 Å². The van der Waals surface area contributed by atoms with Crippen molar-refractivity contribution in [2.75, 3.05) is 0 Å². The van der Waals surface area contributed by atoms with Crippen molar-refractivity contribution < 1.29 is 17.9 Å². The van der Waals surface area contributed by atoms with Crippen LogP contribution in [0.3, 0.4) is 0 Å². The first kappa shape index (κ1) is 18.8. The van der Waals surface area contributed by atoms with E-state index < -0.39 is 6.36 Å². The van der Waals surface area contributed by atoms with Crippen LogP contribution in [0.4, 0.5) is 13.2 Å². The molecule has 3 aromatic rings. The zero-order valence-electron chi connectivity index (χ0n) is 14.9. The van der Waals surface area contributed by atoms with Crippen LogP contribution in [0.1, 0.15) is 36.5 Å². The molecule has 0 saturated carbocycles. The molecule has 0 aromatic heterocycles. The van der Waals surface area contributed by atoms with Gasteiger partial charge in [-0.15, -0.1) is 13.2 Å². The second-order valence-electron chi connectivity index (χ2n) is 6.32. The Balaban J connectivity index is 1.76. The maximum atomic E-state index is 12.3. The molecule has 1 nitrogen and oxygen atoms in total. The second kappa shape index (κ2) is 8.18. The Bertz CT molecular complexity index is 976. The molecule has 27 heavy (non-hydrogen) atoms. The molecular formula is C23H19F3O. The molecule has 0 heterocycles. The molecule has 0 aliphatic heterocycles. The first-order chi connectivity index (χ1) is 12.9. The van der Waals surface area contributed by atoms with Gasteiger partial charge in [-0.25, -0.2) is 0 Å². The van der Waals surface area contributed by atoms with E-state index >= 15 is 0 Å². The van der Waals surface area contributed by atoms with Gasteiger partial charge in [-0.2, -0.15) is 0 Å². The maximum Gasteiger partial charge on any atom is 0.573 e. The number of fused-ring (bicyclic) bond motifs is 1. The van der Waals surface area contributed by atoms with E-state index in [4.69, 9.17) is 0 Å². The molecule has 3 aromatic carbocycles. The van der Waals surface area contributed by atoms with Crippen molar-refractivity contribution in [3.05, 3.63) is 77.4 Å². The molecule has 0 aliphatic rings.